The van der Waals surface area contributed by atoms with Crippen LogP contribution in [0.2, 0.25) is 0 Å². The summed E-state index contributed by atoms with van der Waals surface area (Å²) in [7, 11) is -3.12. The standard InChI is InChI=1S/C11H20ClNO2S/c12-9-11(6-7-11)13-16(14,15)8-10-4-2-1-3-5-10/h10,13H,1-9H2. The molecule has 0 radical (unpaired) electrons. The lowest BCUT2D eigenvalue weighted by Crippen LogP contribution is -2.41. The Balaban J connectivity index is 1.87. The summed E-state index contributed by atoms with van der Waals surface area (Å²) in [5.74, 6) is 1.06. The fourth-order valence-electron chi connectivity index (χ4n) is 2.45. The molecule has 94 valence electrons. The number of halogens is 1. The summed E-state index contributed by atoms with van der Waals surface area (Å²) < 4.78 is 26.7. The van der Waals surface area contributed by atoms with Gasteiger partial charge in [-0.2, -0.15) is 0 Å². The van der Waals surface area contributed by atoms with Crippen molar-refractivity contribution in [2.24, 2.45) is 5.92 Å². The van der Waals surface area contributed by atoms with Crippen LogP contribution < -0.4 is 4.72 Å². The van der Waals surface area contributed by atoms with E-state index >= 15 is 0 Å². The zero-order valence-corrected chi connectivity index (χ0v) is 11.1. The van der Waals surface area contributed by atoms with Gasteiger partial charge in [-0.25, -0.2) is 13.1 Å². The minimum absolute atomic E-state index is 0.297. The molecule has 0 saturated heterocycles. The molecule has 2 aliphatic rings. The van der Waals surface area contributed by atoms with Crippen molar-refractivity contribution in [3.8, 4) is 0 Å². The third kappa shape index (κ3) is 3.34. The molecule has 0 aromatic heterocycles. The van der Waals surface area contributed by atoms with Crippen molar-refractivity contribution in [3.63, 3.8) is 0 Å². The molecule has 0 atom stereocenters. The minimum atomic E-state index is -3.12. The van der Waals surface area contributed by atoms with Crippen LogP contribution in [0.4, 0.5) is 0 Å². The van der Waals surface area contributed by atoms with Crippen molar-refractivity contribution in [3.05, 3.63) is 0 Å². The summed E-state index contributed by atoms with van der Waals surface area (Å²) >= 11 is 5.78. The van der Waals surface area contributed by atoms with Crippen LogP contribution in [-0.2, 0) is 10.0 Å². The van der Waals surface area contributed by atoms with E-state index in [-0.39, 0.29) is 5.54 Å². The van der Waals surface area contributed by atoms with Gasteiger partial charge in [-0.05, 0) is 31.6 Å². The van der Waals surface area contributed by atoms with E-state index in [1.807, 2.05) is 0 Å². The highest BCUT2D eigenvalue weighted by atomic mass is 35.5. The average Bonchev–Trinajstić information content (AvgIpc) is 2.98. The van der Waals surface area contributed by atoms with Crippen molar-refractivity contribution in [1.82, 2.24) is 4.72 Å². The topological polar surface area (TPSA) is 46.2 Å². The van der Waals surface area contributed by atoms with Gasteiger partial charge in [-0.15, -0.1) is 11.6 Å². The zero-order chi connectivity index (χ0) is 11.6. The van der Waals surface area contributed by atoms with Crippen LogP contribution in [0.5, 0.6) is 0 Å². The monoisotopic (exact) mass is 265 g/mol. The molecule has 0 aromatic rings. The molecule has 0 heterocycles. The second-order valence-corrected chi connectivity index (χ2v) is 7.34. The van der Waals surface area contributed by atoms with Gasteiger partial charge in [0.2, 0.25) is 10.0 Å². The molecule has 2 rings (SSSR count). The van der Waals surface area contributed by atoms with E-state index in [2.05, 4.69) is 4.72 Å². The minimum Gasteiger partial charge on any atom is -0.212 e. The van der Waals surface area contributed by atoms with Crippen molar-refractivity contribution in [2.75, 3.05) is 11.6 Å². The SMILES string of the molecule is O=S(=O)(CC1CCCCC1)NC1(CCl)CC1. The van der Waals surface area contributed by atoms with Crippen LogP contribution in [0.25, 0.3) is 0 Å². The molecule has 0 spiro atoms. The maximum absolute atomic E-state index is 11.9. The van der Waals surface area contributed by atoms with Crippen molar-refractivity contribution < 1.29 is 8.42 Å². The van der Waals surface area contributed by atoms with Crippen molar-refractivity contribution >= 4 is 21.6 Å². The van der Waals surface area contributed by atoms with Gasteiger partial charge in [0.1, 0.15) is 0 Å². The molecule has 16 heavy (non-hydrogen) atoms. The molecule has 3 nitrogen and oxygen atoms in total. The highest BCUT2D eigenvalue weighted by Gasteiger charge is 2.45. The first-order chi connectivity index (χ1) is 7.55. The second kappa shape index (κ2) is 4.83. The number of nitrogens with one attached hydrogen (secondary N) is 1. The fraction of sp³-hybridized carbons (Fsp3) is 1.00. The highest BCUT2D eigenvalue weighted by Crippen LogP contribution is 2.37. The lowest BCUT2D eigenvalue weighted by atomic mass is 9.91. The van der Waals surface area contributed by atoms with E-state index in [1.165, 1.54) is 19.3 Å². The summed E-state index contributed by atoms with van der Waals surface area (Å²) in [6.45, 7) is 0. The molecular formula is C11H20ClNO2S. The van der Waals surface area contributed by atoms with Gasteiger partial charge in [0.25, 0.3) is 0 Å². The number of rotatable bonds is 5. The van der Waals surface area contributed by atoms with Gasteiger partial charge in [0.05, 0.1) is 5.75 Å². The van der Waals surface area contributed by atoms with E-state index in [9.17, 15) is 8.42 Å². The van der Waals surface area contributed by atoms with Crippen LogP contribution in [0.1, 0.15) is 44.9 Å². The summed E-state index contributed by atoms with van der Waals surface area (Å²) in [4.78, 5) is 0. The van der Waals surface area contributed by atoms with Crippen LogP contribution >= 0.6 is 11.6 Å². The van der Waals surface area contributed by atoms with E-state index in [4.69, 9.17) is 11.6 Å². The van der Waals surface area contributed by atoms with Crippen molar-refractivity contribution in [1.29, 1.82) is 0 Å². The molecule has 1 N–H and O–H groups in total. The lowest BCUT2D eigenvalue weighted by Gasteiger charge is -2.23. The summed E-state index contributed by atoms with van der Waals surface area (Å²) in [6, 6.07) is 0. The highest BCUT2D eigenvalue weighted by molar-refractivity contribution is 7.89. The molecule has 2 saturated carbocycles. The first-order valence-electron chi connectivity index (χ1n) is 6.13. The Kier molecular flexibility index (Phi) is 3.82. The van der Waals surface area contributed by atoms with Crippen molar-refractivity contribution in [2.45, 2.75) is 50.5 Å². The molecular weight excluding hydrogens is 246 g/mol. The van der Waals surface area contributed by atoms with Gasteiger partial charge >= 0.3 is 0 Å². The van der Waals surface area contributed by atoms with Crippen LogP contribution in [-0.4, -0.2) is 25.6 Å². The first-order valence-corrected chi connectivity index (χ1v) is 8.32. The number of hydrogen-bond donors (Lipinski definition) is 1. The molecule has 0 bridgehead atoms. The Bertz CT molecular complexity index is 332. The number of hydrogen-bond acceptors (Lipinski definition) is 2. The Morgan fingerprint density at radius 1 is 1.19 bits per heavy atom. The zero-order valence-electron chi connectivity index (χ0n) is 9.54. The largest absolute Gasteiger partial charge is 0.212 e. The number of sulfonamides is 1. The molecule has 0 unspecified atom stereocenters. The fourth-order valence-corrected chi connectivity index (χ4v) is 4.84. The predicted molar refractivity (Wildman–Crippen MR) is 66.2 cm³/mol. The van der Waals surface area contributed by atoms with E-state index in [0.717, 1.165) is 25.7 Å². The third-order valence-electron chi connectivity index (χ3n) is 3.66. The number of alkyl halides is 1. The van der Waals surface area contributed by atoms with Gasteiger partial charge in [0, 0.05) is 11.4 Å². The maximum atomic E-state index is 11.9. The molecule has 5 heteroatoms. The first kappa shape index (κ1) is 12.7. The maximum Gasteiger partial charge on any atom is 0.212 e. The Labute approximate surface area is 103 Å². The third-order valence-corrected chi connectivity index (χ3v) is 5.83. The molecule has 2 fully saturated rings. The van der Waals surface area contributed by atoms with E-state index in [1.54, 1.807) is 0 Å². The van der Waals surface area contributed by atoms with Crippen LogP contribution in [0, 0.1) is 5.92 Å². The molecule has 0 amide bonds. The summed E-state index contributed by atoms with van der Waals surface area (Å²) in [5, 5.41) is 0. The molecule has 2 aliphatic carbocycles. The smallest absolute Gasteiger partial charge is 0.212 e. The van der Waals surface area contributed by atoms with Gasteiger partial charge < -0.3 is 0 Å². The van der Waals surface area contributed by atoms with Crippen LogP contribution in [0.3, 0.4) is 0 Å². The lowest BCUT2D eigenvalue weighted by molar-refractivity contribution is 0.383. The van der Waals surface area contributed by atoms with Gasteiger partial charge in [-0.3, -0.25) is 0 Å². The summed E-state index contributed by atoms with van der Waals surface area (Å²) in [5.41, 5.74) is -0.297. The Morgan fingerprint density at radius 3 is 2.31 bits per heavy atom. The molecule has 0 aliphatic heterocycles. The summed E-state index contributed by atoms with van der Waals surface area (Å²) in [6.07, 6.45) is 7.53. The predicted octanol–water partition coefficient (Wildman–Crippen LogP) is 2.26. The van der Waals surface area contributed by atoms with E-state index in [0.29, 0.717) is 17.6 Å². The Morgan fingerprint density at radius 2 is 1.81 bits per heavy atom. The van der Waals surface area contributed by atoms with Gasteiger partial charge in [-0.1, -0.05) is 19.3 Å². The second-order valence-electron chi connectivity index (χ2n) is 5.30. The van der Waals surface area contributed by atoms with E-state index < -0.39 is 10.0 Å². The normalized spacial score (nSPS) is 25.6. The van der Waals surface area contributed by atoms with Crippen LogP contribution in [0.15, 0.2) is 0 Å². The molecule has 0 aromatic carbocycles. The van der Waals surface area contributed by atoms with Gasteiger partial charge in [0.15, 0.2) is 0 Å². The quantitative estimate of drug-likeness (QED) is 0.775. The Hall–Kier alpha value is 0.200. The average molecular weight is 266 g/mol.